The van der Waals surface area contributed by atoms with E-state index in [0.717, 1.165) is 32.2 Å². The number of hydrogen-bond acceptors (Lipinski definition) is 5. The van der Waals surface area contributed by atoms with E-state index in [1.807, 2.05) is 11.0 Å². The molecular weight excluding hydrogens is 427 g/mol. The van der Waals surface area contributed by atoms with Crippen molar-refractivity contribution in [1.29, 1.82) is 5.26 Å². The van der Waals surface area contributed by atoms with Gasteiger partial charge in [-0.25, -0.2) is 4.39 Å². The first-order chi connectivity index (χ1) is 16.4. The van der Waals surface area contributed by atoms with Crippen molar-refractivity contribution in [2.24, 2.45) is 5.92 Å². The zero-order valence-electron chi connectivity index (χ0n) is 20.3. The largest absolute Gasteiger partial charge is 0.361 e. The maximum Gasteiger partial charge on any atom is 0.187 e. The molecule has 180 valence electrons. The second kappa shape index (κ2) is 8.96. The van der Waals surface area contributed by atoms with Crippen LogP contribution in [0.4, 0.5) is 10.1 Å². The number of anilines is 1. The van der Waals surface area contributed by atoms with Gasteiger partial charge in [-0.05, 0) is 82.3 Å². The topological polar surface area (TPSA) is 53.7 Å². The first kappa shape index (κ1) is 23.3. The number of nitriles is 1. The minimum absolute atomic E-state index is 0.0170. The third kappa shape index (κ3) is 3.80. The number of aliphatic hydroxyl groups is 1. The van der Waals surface area contributed by atoms with Gasteiger partial charge < -0.3 is 10.0 Å². The van der Waals surface area contributed by atoms with Gasteiger partial charge in [0.05, 0.1) is 5.56 Å². The number of halogens is 1. The fourth-order valence-electron chi connectivity index (χ4n) is 6.46. The summed E-state index contributed by atoms with van der Waals surface area (Å²) in [4.78, 5) is 6.68. The van der Waals surface area contributed by atoms with Crippen LogP contribution in [0.15, 0.2) is 48.5 Å². The molecule has 1 N–H and O–H groups in total. The molecule has 0 radical (unpaired) electrons. The Labute approximate surface area is 202 Å². The molecule has 1 spiro atoms. The molecule has 2 saturated carbocycles. The van der Waals surface area contributed by atoms with Crippen molar-refractivity contribution in [1.82, 2.24) is 9.80 Å². The van der Waals surface area contributed by atoms with E-state index in [9.17, 15) is 14.8 Å². The monoisotopic (exact) mass is 462 g/mol. The van der Waals surface area contributed by atoms with E-state index in [4.69, 9.17) is 0 Å². The third-order valence-corrected chi connectivity index (χ3v) is 8.89. The summed E-state index contributed by atoms with van der Waals surface area (Å²) in [6, 6.07) is 17.3. The number of hydrogen-bond donors (Lipinski definition) is 1. The molecule has 3 aliphatic rings. The molecule has 1 aliphatic heterocycles. The van der Waals surface area contributed by atoms with Gasteiger partial charge in [-0.3, -0.25) is 9.80 Å². The van der Waals surface area contributed by atoms with Crippen LogP contribution in [0.2, 0.25) is 0 Å². The second-order valence-corrected chi connectivity index (χ2v) is 10.7. The number of benzene rings is 2. The maximum absolute atomic E-state index is 14.0. The van der Waals surface area contributed by atoms with Crippen molar-refractivity contribution in [3.8, 4) is 6.07 Å². The van der Waals surface area contributed by atoms with Crippen LogP contribution in [0.3, 0.4) is 0 Å². The molecular formula is C28H35FN4O. The van der Waals surface area contributed by atoms with Gasteiger partial charge in [0, 0.05) is 29.9 Å². The summed E-state index contributed by atoms with van der Waals surface area (Å²) in [7, 11) is 4.35. The maximum atomic E-state index is 14.0. The van der Waals surface area contributed by atoms with Crippen molar-refractivity contribution in [3.05, 3.63) is 65.5 Å². The van der Waals surface area contributed by atoms with Gasteiger partial charge in [-0.1, -0.05) is 36.8 Å². The molecule has 1 atom stereocenters. The van der Waals surface area contributed by atoms with Gasteiger partial charge in [0.25, 0.3) is 0 Å². The predicted octanol–water partition coefficient (Wildman–Crippen LogP) is 4.67. The van der Waals surface area contributed by atoms with Gasteiger partial charge in [0.1, 0.15) is 11.9 Å². The summed E-state index contributed by atoms with van der Waals surface area (Å²) in [5.74, 6) is 0.112. The van der Waals surface area contributed by atoms with Crippen LogP contribution in [0, 0.1) is 23.1 Å². The molecule has 1 heterocycles. The fourth-order valence-corrected chi connectivity index (χ4v) is 6.46. The van der Waals surface area contributed by atoms with E-state index >= 15 is 0 Å². The Morgan fingerprint density at radius 2 is 1.79 bits per heavy atom. The van der Waals surface area contributed by atoms with E-state index in [2.05, 4.69) is 54.2 Å². The van der Waals surface area contributed by atoms with Gasteiger partial charge in [-0.15, -0.1) is 0 Å². The quantitative estimate of drug-likeness (QED) is 0.700. The van der Waals surface area contributed by atoms with Crippen LogP contribution in [-0.2, 0) is 5.54 Å². The molecule has 6 heteroatoms. The molecule has 3 fully saturated rings. The van der Waals surface area contributed by atoms with Crippen molar-refractivity contribution in [2.75, 3.05) is 32.1 Å². The van der Waals surface area contributed by atoms with Crippen molar-refractivity contribution < 1.29 is 9.50 Å². The van der Waals surface area contributed by atoms with Crippen LogP contribution >= 0.6 is 0 Å². The molecule has 34 heavy (non-hydrogen) atoms. The zero-order valence-corrected chi connectivity index (χ0v) is 20.3. The lowest BCUT2D eigenvalue weighted by Crippen LogP contribution is -2.57. The number of aliphatic hydroxyl groups excluding tert-OH is 1. The average Bonchev–Trinajstić information content (AvgIpc) is 3.08. The van der Waals surface area contributed by atoms with E-state index < -0.39 is 12.2 Å². The molecule has 0 bridgehead atoms. The van der Waals surface area contributed by atoms with Crippen LogP contribution in [0.5, 0.6) is 0 Å². The lowest BCUT2D eigenvalue weighted by Gasteiger charge is -2.52. The second-order valence-electron chi connectivity index (χ2n) is 10.7. The van der Waals surface area contributed by atoms with Crippen LogP contribution in [0.25, 0.3) is 0 Å². The lowest BCUT2D eigenvalue weighted by atomic mass is 9.68. The Hall–Kier alpha value is -2.46. The molecule has 1 saturated heterocycles. The first-order valence-electron chi connectivity index (χ1n) is 12.5. The first-order valence-corrected chi connectivity index (χ1v) is 12.5. The highest BCUT2D eigenvalue weighted by Crippen LogP contribution is 2.50. The van der Waals surface area contributed by atoms with Gasteiger partial charge in [0.15, 0.2) is 6.35 Å². The summed E-state index contributed by atoms with van der Waals surface area (Å²) in [6.45, 7) is 1.58. The van der Waals surface area contributed by atoms with Gasteiger partial charge >= 0.3 is 0 Å². The average molecular weight is 463 g/mol. The molecule has 2 aliphatic carbocycles. The summed E-state index contributed by atoms with van der Waals surface area (Å²) in [5, 5.41) is 20.9. The van der Waals surface area contributed by atoms with Crippen molar-refractivity contribution in [2.45, 2.75) is 62.4 Å². The highest BCUT2D eigenvalue weighted by atomic mass is 19.1. The summed E-state index contributed by atoms with van der Waals surface area (Å²) in [5.41, 5.74) is 1.94. The predicted molar refractivity (Wildman–Crippen MR) is 132 cm³/mol. The minimum Gasteiger partial charge on any atom is -0.361 e. The Balaban J connectivity index is 1.46. The Morgan fingerprint density at radius 3 is 2.38 bits per heavy atom. The van der Waals surface area contributed by atoms with E-state index in [1.54, 1.807) is 12.1 Å². The molecule has 5 nitrogen and oxygen atoms in total. The summed E-state index contributed by atoms with van der Waals surface area (Å²) < 4.78 is 14.0. The third-order valence-electron chi connectivity index (χ3n) is 8.89. The highest BCUT2D eigenvalue weighted by molar-refractivity contribution is 5.54. The van der Waals surface area contributed by atoms with Crippen molar-refractivity contribution in [3.63, 3.8) is 0 Å². The Bertz CT molecular complexity index is 1050. The Morgan fingerprint density at radius 1 is 1.09 bits per heavy atom. The lowest BCUT2D eigenvalue weighted by molar-refractivity contribution is -0.0660. The molecule has 0 amide bonds. The zero-order chi connectivity index (χ0) is 23.9. The van der Waals surface area contributed by atoms with E-state index in [0.29, 0.717) is 18.2 Å². The SMILES string of the molecule is CN(C)[C@]1(c2ccccc2)CC[C@]2(CC1)CN(c1ccc(F)c(C#N)c1)C(O)N2CC1CCC1. The fraction of sp³-hybridized carbons (Fsp3) is 0.536. The van der Waals surface area contributed by atoms with Crippen LogP contribution in [-0.4, -0.2) is 54.0 Å². The van der Waals surface area contributed by atoms with E-state index in [1.165, 1.54) is 30.9 Å². The van der Waals surface area contributed by atoms with Crippen LogP contribution < -0.4 is 4.90 Å². The summed E-state index contributed by atoms with van der Waals surface area (Å²) in [6.07, 6.45) is 6.93. The molecule has 1 unspecified atom stereocenters. The van der Waals surface area contributed by atoms with Crippen molar-refractivity contribution >= 4 is 5.69 Å². The minimum atomic E-state index is -0.763. The summed E-state index contributed by atoms with van der Waals surface area (Å²) >= 11 is 0. The Kier molecular flexibility index (Phi) is 6.14. The standard InChI is InChI=1S/C28H35FN4O/c1-31(2)28(23-9-4-3-5-10-23)15-13-27(14-16-28)20-32(24-11-12-25(29)22(17-24)18-30)26(34)33(27)19-21-7-6-8-21/h3-5,9-12,17,21,26,34H,6-8,13-16,19-20H2,1-2H3/t26?,27-,28+. The smallest absolute Gasteiger partial charge is 0.187 e. The molecule has 2 aromatic carbocycles. The van der Waals surface area contributed by atoms with E-state index in [-0.39, 0.29) is 16.6 Å². The molecule has 2 aromatic rings. The molecule has 0 aromatic heterocycles. The van der Waals surface area contributed by atoms with Crippen LogP contribution in [0.1, 0.15) is 56.1 Å². The van der Waals surface area contributed by atoms with Gasteiger partial charge in [-0.2, -0.15) is 5.26 Å². The number of nitrogens with zero attached hydrogens (tertiary/aromatic N) is 4. The normalized spacial score (nSPS) is 30.0. The molecule has 5 rings (SSSR count). The highest BCUT2D eigenvalue weighted by Gasteiger charge is 2.55. The number of rotatable bonds is 5. The van der Waals surface area contributed by atoms with Gasteiger partial charge in [0.2, 0.25) is 0 Å².